The second kappa shape index (κ2) is 3.78. The number of carbonyl (C=O) groups is 1. The molecule has 4 heteroatoms. The van der Waals surface area contributed by atoms with Crippen molar-refractivity contribution >= 4 is 17.0 Å². The lowest BCUT2D eigenvalue weighted by Crippen LogP contribution is -2.33. The highest BCUT2D eigenvalue weighted by atomic mass is 32.2. The molecule has 62 valence electrons. The van der Waals surface area contributed by atoms with Gasteiger partial charge in [-0.1, -0.05) is 17.8 Å². The Morgan fingerprint density at radius 2 is 2.64 bits per heavy atom. The normalized spacial score (nSPS) is 24.3. The van der Waals surface area contributed by atoms with Crippen LogP contribution >= 0.6 is 11.8 Å². The molecule has 1 saturated heterocycles. The fourth-order valence-electron chi connectivity index (χ4n) is 0.911. The van der Waals surface area contributed by atoms with Gasteiger partial charge in [-0.25, -0.2) is 0 Å². The van der Waals surface area contributed by atoms with Crippen LogP contribution in [0.15, 0.2) is 12.7 Å². The average molecular weight is 173 g/mol. The van der Waals surface area contributed by atoms with Crippen LogP contribution in [0.1, 0.15) is 6.42 Å². The van der Waals surface area contributed by atoms with Gasteiger partial charge in [0.2, 0.25) is 0 Å². The number of nitrogens with zero attached hydrogens (tertiary/aromatic N) is 1. The van der Waals surface area contributed by atoms with Crippen molar-refractivity contribution < 1.29 is 9.90 Å². The Bertz CT molecular complexity index is 172. The van der Waals surface area contributed by atoms with Crippen molar-refractivity contribution in [3.05, 3.63) is 12.7 Å². The summed E-state index contributed by atoms with van der Waals surface area (Å²) < 4.78 is 0. The van der Waals surface area contributed by atoms with Gasteiger partial charge in [0.15, 0.2) is 0 Å². The zero-order valence-corrected chi connectivity index (χ0v) is 7.01. The molecular formula is C7H11NO2S. The first-order valence-electron chi connectivity index (χ1n) is 3.48. The van der Waals surface area contributed by atoms with Crippen molar-refractivity contribution in [1.82, 2.24) is 4.90 Å². The highest BCUT2D eigenvalue weighted by Crippen LogP contribution is 2.21. The Morgan fingerprint density at radius 3 is 3.09 bits per heavy atom. The van der Waals surface area contributed by atoms with Crippen molar-refractivity contribution in [2.24, 2.45) is 0 Å². The lowest BCUT2D eigenvalue weighted by Gasteiger charge is -2.17. The highest BCUT2D eigenvalue weighted by molar-refractivity contribution is 8.13. The molecule has 0 aromatic carbocycles. The number of amides is 1. The van der Waals surface area contributed by atoms with Gasteiger partial charge in [0.25, 0.3) is 5.24 Å². The van der Waals surface area contributed by atoms with Crippen LogP contribution in [0.3, 0.4) is 0 Å². The lowest BCUT2D eigenvalue weighted by molar-refractivity contribution is 0.0670. The maximum atomic E-state index is 11.0. The summed E-state index contributed by atoms with van der Waals surface area (Å²) in [6.07, 6.45) is 1.89. The van der Waals surface area contributed by atoms with Crippen LogP contribution in [-0.4, -0.2) is 33.8 Å². The van der Waals surface area contributed by atoms with E-state index in [0.29, 0.717) is 12.3 Å². The largest absolute Gasteiger partial charge is 0.373 e. The van der Waals surface area contributed by atoms with E-state index in [1.165, 1.54) is 16.7 Å². The van der Waals surface area contributed by atoms with Crippen LogP contribution in [0.4, 0.5) is 4.79 Å². The van der Waals surface area contributed by atoms with Crippen molar-refractivity contribution in [3.8, 4) is 0 Å². The van der Waals surface area contributed by atoms with Gasteiger partial charge in [-0.05, 0) is 6.42 Å². The minimum Gasteiger partial charge on any atom is -0.373 e. The van der Waals surface area contributed by atoms with E-state index in [4.69, 9.17) is 0 Å². The van der Waals surface area contributed by atoms with Gasteiger partial charge in [0, 0.05) is 12.3 Å². The lowest BCUT2D eigenvalue weighted by atomic mass is 10.4. The van der Waals surface area contributed by atoms with Crippen LogP contribution in [0.2, 0.25) is 0 Å². The first-order valence-corrected chi connectivity index (χ1v) is 4.46. The third kappa shape index (κ3) is 1.97. The molecule has 0 aromatic rings. The summed E-state index contributed by atoms with van der Waals surface area (Å²) in [4.78, 5) is 12.4. The summed E-state index contributed by atoms with van der Waals surface area (Å²) in [5.41, 5.74) is 0. The van der Waals surface area contributed by atoms with Gasteiger partial charge < -0.3 is 10.0 Å². The summed E-state index contributed by atoms with van der Waals surface area (Å²) in [7, 11) is 0. The second-order valence-corrected chi connectivity index (χ2v) is 3.30. The molecule has 1 N–H and O–H groups in total. The monoisotopic (exact) mass is 173 g/mol. The second-order valence-electron chi connectivity index (χ2n) is 2.33. The highest BCUT2D eigenvalue weighted by Gasteiger charge is 2.28. The molecule has 0 radical (unpaired) electrons. The van der Waals surface area contributed by atoms with E-state index in [0.717, 1.165) is 6.42 Å². The summed E-state index contributed by atoms with van der Waals surface area (Å²) in [5, 5.41) is 9.21. The number of carbonyl (C=O) groups excluding carboxylic acids is 1. The van der Waals surface area contributed by atoms with E-state index in [1.54, 1.807) is 6.08 Å². The summed E-state index contributed by atoms with van der Waals surface area (Å²) in [6, 6.07) is 0. The number of aliphatic hydroxyl groups is 1. The fraction of sp³-hybridized carbons (Fsp3) is 0.571. The van der Waals surface area contributed by atoms with E-state index in [-0.39, 0.29) is 5.24 Å². The smallest absolute Gasteiger partial charge is 0.283 e. The summed E-state index contributed by atoms with van der Waals surface area (Å²) in [5.74, 6) is 0.496. The summed E-state index contributed by atoms with van der Waals surface area (Å²) in [6.45, 7) is 4.13. The van der Waals surface area contributed by atoms with Crippen molar-refractivity contribution in [2.45, 2.75) is 12.6 Å². The van der Waals surface area contributed by atoms with Crippen molar-refractivity contribution in [3.63, 3.8) is 0 Å². The van der Waals surface area contributed by atoms with Crippen LogP contribution in [0.5, 0.6) is 0 Å². The molecule has 1 aliphatic heterocycles. The van der Waals surface area contributed by atoms with E-state index in [1.807, 2.05) is 0 Å². The van der Waals surface area contributed by atoms with E-state index >= 15 is 0 Å². The molecule has 1 atom stereocenters. The predicted octanol–water partition coefficient (Wildman–Crippen LogP) is 1.05. The standard InChI is InChI=1S/C7H11NO2S/c1-2-3-4-8-6(9)5-11-7(8)10/h2,6,9H,1,3-5H2. The number of hydrogen-bond donors (Lipinski definition) is 1. The van der Waals surface area contributed by atoms with Gasteiger partial charge in [0.05, 0.1) is 0 Å². The molecule has 1 rings (SSSR count). The maximum absolute atomic E-state index is 11.0. The third-order valence-electron chi connectivity index (χ3n) is 1.52. The molecule has 0 bridgehead atoms. The molecule has 1 amide bonds. The molecule has 0 aliphatic carbocycles. The Balaban J connectivity index is 2.41. The Kier molecular flexibility index (Phi) is 2.96. The zero-order valence-electron chi connectivity index (χ0n) is 6.19. The number of hydrogen-bond acceptors (Lipinski definition) is 3. The first-order chi connectivity index (χ1) is 5.25. The number of aliphatic hydroxyl groups excluding tert-OH is 1. The minimum atomic E-state index is -0.590. The Hall–Kier alpha value is -0.480. The van der Waals surface area contributed by atoms with Crippen LogP contribution in [-0.2, 0) is 0 Å². The predicted molar refractivity (Wildman–Crippen MR) is 45.4 cm³/mol. The molecule has 0 saturated carbocycles. The fourth-order valence-corrected chi connectivity index (χ4v) is 1.76. The topological polar surface area (TPSA) is 40.5 Å². The quantitative estimate of drug-likeness (QED) is 0.648. The summed E-state index contributed by atoms with van der Waals surface area (Å²) >= 11 is 1.17. The van der Waals surface area contributed by atoms with E-state index < -0.39 is 6.23 Å². The molecule has 0 aromatic heterocycles. The third-order valence-corrected chi connectivity index (χ3v) is 2.47. The van der Waals surface area contributed by atoms with E-state index in [9.17, 15) is 9.90 Å². The molecule has 1 aliphatic rings. The molecule has 3 nitrogen and oxygen atoms in total. The average Bonchev–Trinajstić information content (AvgIpc) is 2.29. The van der Waals surface area contributed by atoms with Gasteiger partial charge in [-0.15, -0.1) is 6.58 Å². The number of rotatable bonds is 3. The Labute approximate surface area is 70.1 Å². The maximum Gasteiger partial charge on any atom is 0.283 e. The zero-order chi connectivity index (χ0) is 8.27. The van der Waals surface area contributed by atoms with Crippen LogP contribution in [0, 0.1) is 0 Å². The first kappa shape index (κ1) is 8.62. The molecule has 11 heavy (non-hydrogen) atoms. The van der Waals surface area contributed by atoms with E-state index in [2.05, 4.69) is 6.58 Å². The van der Waals surface area contributed by atoms with Crippen LogP contribution < -0.4 is 0 Å². The van der Waals surface area contributed by atoms with Crippen molar-refractivity contribution in [1.29, 1.82) is 0 Å². The minimum absolute atomic E-state index is 0.0284. The van der Waals surface area contributed by atoms with Gasteiger partial charge in [-0.2, -0.15) is 0 Å². The molecular weight excluding hydrogens is 162 g/mol. The van der Waals surface area contributed by atoms with Gasteiger partial charge >= 0.3 is 0 Å². The van der Waals surface area contributed by atoms with Gasteiger partial charge in [0.1, 0.15) is 6.23 Å². The molecule has 0 spiro atoms. The van der Waals surface area contributed by atoms with Crippen molar-refractivity contribution in [2.75, 3.05) is 12.3 Å². The SMILES string of the molecule is C=CCCN1C(=O)SCC1O. The molecule has 1 unspecified atom stereocenters. The Morgan fingerprint density at radius 1 is 1.91 bits per heavy atom. The van der Waals surface area contributed by atoms with Crippen LogP contribution in [0.25, 0.3) is 0 Å². The molecule has 1 heterocycles. The molecule has 1 fully saturated rings. The number of thioether (sulfide) groups is 1. The van der Waals surface area contributed by atoms with Gasteiger partial charge in [-0.3, -0.25) is 4.79 Å².